The van der Waals surface area contributed by atoms with Crippen LogP contribution in [0.5, 0.6) is 0 Å². The van der Waals surface area contributed by atoms with E-state index in [0.29, 0.717) is 12.7 Å². The maximum absolute atomic E-state index is 4.99. The number of rotatable bonds is 0. The third-order valence-corrected chi connectivity index (χ3v) is 0.782. The van der Waals surface area contributed by atoms with Crippen LogP contribution in [-0.2, 0) is 37.4 Å². The molecule has 1 radical (unpaired) electrons. The predicted molar refractivity (Wildman–Crippen MR) is 23.2 cm³/mol. The van der Waals surface area contributed by atoms with Crippen LogP contribution in [0, 0.1) is 6.08 Å². The molecule has 0 aromatic heterocycles. The van der Waals surface area contributed by atoms with Crippen LogP contribution in [-0.4, -0.2) is 12.7 Å². The number of ether oxygens (including phenoxy) is 1. The van der Waals surface area contributed by atoms with E-state index in [-0.39, 0.29) is 32.7 Å². The molecule has 0 spiro atoms. The quantitative estimate of drug-likeness (QED) is 0.490. The molecule has 1 heterocycles. The van der Waals surface area contributed by atoms with Crippen LogP contribution in [0.4, 0.5) is 0 Å². The second-order valence-electron chi connectivity index (χ2n) is 1.39. The van der Waals surface area contributed by atoms with E-state index >= 15 is 0 Å². The summed E-state index contributed by atoms with van der Waals surface area (Å²) in [6.07, 6.45) is 5.17. The van der Waals surface area contributed by atoms with E-state index in [0.717, 1.165) is 0 Å². The van der Waals surface area contributed by atoms with Crippen molar-refractivity contribution in [1.29, 1.82) is 0 Å². The molecule has 0 amide bonds. The molecule has 0 bridgehead atoms. The molecule has 1 rings (SSSR count). The first-order valence-corrected chi connectivity index (χ1v) is 2.08. The molecule has 0 saturated heterocycles. The number of hydrogen-bond donors (Lipinski definition) is 0. The van der Waals surface area contributed by atoms with E-state index in [1.807, 2.05) is 13.0 Å². The van der Waals surface area contributed by atoms with Crippen LogP contribution in [0.1, 0.15) is 6.92 Å². The summed E-state index contributed by atoms with van der Waals surface area (Å²) in [5.41, 5.74) is 0. The summed E-state index contributed by atoms with van der Waals surface area (Å²) < 4.78 is 4.99. The largest absolute Gasteiger partial charge is 0.471 e. The van der Waals surface area contributed by atoms with E-state index in [2.05, 4.69) is 6.08 Å². The van der Waals surface area contributed by atoms with Gasteiger partial charge in [0, 0.05) is 38.8 Å². The van der Waals surface area contributed by atoms with E-state index in [4.69, 9.17) is 4.74 Å². The van der Waals surface area contributed by atoms with Gasteiger partial charge in [-0.3, -0.25) is 0 Å². The first kappa shape index (κ1) is 7.80. The summed E-state index contributed by atoms with van der Waals surface area (Å²) in [6, 6.07) is 0. The molecule has 0 fully saturated rings. The van der Waals surface area contributed by atoms with E-state index in [9.17, 15) is 0 Å². The smallest absolute Gasteiger partial charge is 0.0380 e. The normalized spacial score (nSPS) is 27.3. The predicted octanol–water partition coefficient (Wildman–Crippen LogP) is 0.762. The Bertz CT molecular complexity index is 70.5. The van der Waals surface area contributed by atoms with Crippen molar-refractivity contribution < 1.29 is 37.4 Å². The van der Waals surface area contributed by atoms with Crippen molar-refractivity contribution in [3.05, 3.63) is 12.2 Å². The maximum Gasteiger partial charge on any atom is 0.0380 e. The fraction of sp³-hybridized carbons (Fsp3) is 0.600. The van der Waals surface area contributed by atoms with E-state index in [1.54, 1.807) is 0 Å². The van der Waals surface area contributed by atoms with Crippen molar-refractivity contribution in [1.82, 2.24) is 0 Å². The first-order chi connectivity index (χ1) is 2.89. The van der Waals surface area contributed by atoms with Gasteiger partial charge in [-0.25, -0.2) is 6.08 Å². The van der Waals surface area contributed by atoms with Gasteiger partial charge < -0.3 is 10.8 Å². The van der Waals surface area contributed by atoms with Gasteiger partial charge in [0.25, 0.3) is 0 Å². The fourth-order valence-electron chi connectivity index (χ4n) is 0.442. The van der Waals surface area contributed by atoms with Gasteiger partial charge in [-0.2, -0.15) is 0 Å². The Balaban J connectivity index is 0.000000360. The minimum absolute atomic E-state index is 0. The van der Waals surface area contributed by atoms with Gasteiger partial charge in [0.2, 0.25) is 0 Å². The third-order valence-electron chi connectivity index (χ3n) is 0.782. The zero-order valence-corrected chi connectivity index (χ0v) is 7.19. The Morgan fingerprint density at radius 2 is 2.57 bits per heavy atom. The molecule has 37 valence electrons. The first-order valence-electron chi connectivity index (χ1n) is 2.08. The van der Waals surface area contributed by atoms with Gasteiger partial charge in [0.15, 0.2) is 0 Å². The topological polar surface area (TPSA) is 9.23 Å². The summed E-state index contributed by atoms with van der Waals surface area (Å²) in [5, 5.41) is 0. The average molecular weight is 172 g/mol. The summed E-state index contributed by atoms with van der Waals surface area (Å²) in [7, 11) is 0. The molecule has 1 atom stereocenters. The van der Waals surface area contributed by atoms with Gasteiger partial charge in [0.05, 0.1) is 0 Å². The monoisotopic (exact) mass is 172 g/mol. The molecule has 0 saturated carbocycles. The van der Waals surface area contributed by atoms with Crippen molar-refractivity contribution in [3.8, 4) is 0 Å². The Labute approximate surface area is 69.0 Å². The standard InChI is InChI=1S/C5H7O.Y/c1-5-3-2-4-6-5;/h3,5H,4H2,1H3;/q-1;. The van der Waals surface area contributed by atoms with Crippen molar-refractivity contribution >= 4 is 0 Å². The molecule has 1 nitrogen and oxygen atoms in total. The van der Waals surface area contributed by atoms with Crippen LogP contribution in [0.3, 0.4) is 0 Å². The molecular weight excluding hydrogens is 165 g/mol. The van der Waals surface area contributed by atoms with Gasteiger partial charge in [-0.05, 0) is 6.92 Å². The fourth-order valence-corrected chi connectivity index (χ4v) is 0.442. The third kappa shape index (κ3) is 2.58. The molecule has 1 unspecified atom stereocenters. The van der Waals surface area contributed by atoms with E-state index in [1.165, 1.54) is 0 Å². The van der Waals surface area contributed by atoms with Crippen molar-refractivity contribution in [3.63, 3.8) is 0 Å². The van der Waals surface area contributed by atoms with Crippen molar-refractivity contribution in [2.45, 2.75) is 13.0 Å². The number of hydrogen-bond acceptors (Lipinski definition) is 1. The zero-order chi connectivity index (χ0) is 4.41. The zero-order valence-electron chi connectivity index (χ0n) is 4.35. The second kappa shape index (κ2) is 3.76. The molecule has 1 aliphatic rings. The molecular formula is C5H7OY-. The molecule has 0 N–H and O–H groups in total. The molecule has 0 aliphatic carbocycles. The second-order valence-corrected chi connectivity index (χ2v) is 1.39. The van der Waals surface area contributed by atoms with Crippen LogP contribution in [0.2, 0.25) is 0 Å². The summed E-state index contributed by atoms with van der Waals surface area (Å²) in [6.45, 7) is 2.68. The minimum Gasteiger partial charge on any atom is -0.471 e. The van der Waals surface area contributed by atoms with Crippen LogP contribution >= 0.6 is 0 Å². The van der Waals surface area contributed by atoms with Crippen molar-refractivity contribution in [2.75, 3.05) is 6.61 Å². The minimum atomic E-state index is 0. The Kier molecular flexibility index (Phi) is 4.20. The Hall–Kier alpha value is 0.804. The van der Waals surface area contributed by atoms with E-state index < -0.39 is 0 Å². The van der Waals surface area contributed by atoms with Crippen molar-refractivity contribution in [2.24, 2.45) is 0 Å². The molecule has 0 aromatic carbocycles. The molecule has 0 aromatic rings. The van der Waals surface area contributed by atoms with Crippen LogP contribution in [0.25, 0.3) is 0 Å². The van der Waals surface area contributed by atoms with Gasteiger partial charge in [0.1, 0.15) is 0 Å². The SMILES string of the molecule is CC1C=[C-]CO1.[Y]. The summed E-state index contributed by atoms with van der Waals surface area (Å²) >= 11 is 0. The molecule has 2 heteroatoms. The van der Waals surface area contributed by atoms with Gasteiger partial charge in [-0.15, -0.1) is 0 Å². The summed E-state index contributed by atoms with van der Waals surface area (Å²) in [5.74, 6) is 0. The van der Waals surface area contributed by atoms with Crippen LogP contribution < -0.4 is 0 Å². The van der Waals surface area contributed by atoms with Gasteiger partial charge in [-0.1, -0.05) is 6.61 Å². The van der Waals surface area contributed by atoms with Gasteiger partial charge >= 0.3 is 0 Å². The Morgan fingerprint density at radius 3 is 2.71 bits per heavy atom. The Morgan fingerprint density at radius 1 is 1.86 bits per heavy atom. The average Bonchev–Trinajstić information content (AvgIpc) is 1.86. The summed E-state index contributed by atoms with van der Waals surface area (Å²) in [4.78, 5) is 0. The molecule has 7 heavy (non-hydrogen) atoms. The molecule has 1 aliphatic heterocycles. The maximum atomic E-state index is 4.99. The van der Waals surface area contributed by atoms with Crippen LogP contribution in [0.15, 0.2) is 6.08 Å².